The van der Waals surface area contributed by atoms with E-state index in [1.165, 1.54) is 7.11 Å². The maximum absolute atomic E-state index is 12.3. The Balaban J connectivity index is 1.61. The molecular formula is C27H23N3O4S. The molecule has 2 aromatic heterocycles. The Morgan fingerprint density at radius 2 is 1.86 bits per heavy atom. The van der Waals surface area contributed by atoms with Crippen LogP contribution in [0.5, 0.6) is 5.75 Å². The van der Waals surface area contributed by atoms with E-state index < -0.39 is 5.97 Å². The van der Waals surface area contributed by atoms with Crippen LogP contribution in [-0.4, -0.2) is 30.3 Å². The van der Waals surface area contributed by atoms with Gasteiger partial charge in [-0.15, -0.1) is 0 Å². The fourth-order valence-electron chi connectivity index (χ4n) is 4.32. The summed E-state index contributed by atoms with van der Waals surface area (Å²) >= 11 is 5.77. The molecule has 5 rings (SSSR count). The van der Waals surface area contributed by atoms with E-state index in [0.29, 0.717) is 27.8 Å². The fourth-order valence-corrected chi connectivity index (χ4v) is 4.67. The highest BCUT2D eigenvalue weighted by molar-refractivity contribution is 7.80. The molecule has 0 amide bonds. The molecule has 2 atom stereocenters. The van der Waals surface area contributed by atoms with Gasteiger partial charge in [-0.3, -0.25) is 4.98 Å². The second-order valence-corrected chi connectivity index (χ2v) is 8.32. The monoisotopic (exact) mass is 485 g/mol. The van der Waals surface area contributed by atoms with Gasteiger partial charge in [0.25, 0.3) is 0 Å². The third kappa shape index (κ3) is 4.24. The highest BCUT2D eigenvalue weighted by Gasteiger charge is 2.42. The Labute approximate surface area is 208 Å². The second-order valence-electron chi connectivity index (χ2n) is 7.94. The summed E-state index contributed by atoms with van der Waals surface area (Å²) in [6.07, 6.45) is 1.76. The van der Waals surface area contributed by atoms with E-state index >= 15 is 0 Å². The number of thiocarbonyl (C=S) groups is 1. The number of hydrogen-bond donors (Lipinski definition) is 1. The lowest BCUT2D eigenvalue weighted by molar-refractivity contribution is 0.0601. The lowest BCUT2D eigenvalue weighted by Crippen LogP contribution is -2.29. The number of methoxy groups -OCH3 is 2. The van der Waals surface area contributed by atoms with Crippen molar-refractivity contribution in [2.45, 2.75) is 12.1 Å². The molecule has 1 fully saturated rings. The van der Waals surface area contributed by atoms with Gasteiger partial charge in [0.15, 0.2) is 5.11 Å². The SMILES string of the molecule is COC(=O)c1ccccc1-c1ccc(C2C(c3ccccn3)NC(=S)N2c2cccc(OC)c2)o1. The largest absolute Gasteiger partial charge is 0.497 e. The van der Waals surface area contributed by atoms with Gasteiger partial charge >= 0.3 is 5.97 Å². The molecule has 3 heterocycles. The first-order chi connectivity index (χ1) is 17.1. The van der Waals surface area contributed by atoms with Crippen molar-refractivity contribution >= 4 is 29.0 Å². The standard InChI is InChI=1S/C27H23N3O4S/c1-32-18-9-7-8-17(16-18)30-25(24(29-27(30)35)21-12-5-6-15-28-21)23-14-13-22(34-23)19-10-3-4-11-20(19)26(31)33-2/h3-16,24-25H,1-2H3,(H,29,35). The molecular weight excluding hydrogens is 462 g/mol. The molecule has 1 saturated heterocycles. The lowest BCUT2D eigenvalue weighted by Gasteiger charge is -2.26. The van der Waals surface area contributed by atoms with Crippen molar-refractivity contribution in [2.75, 3.05) is 19.1 Å². The minimum atomic E-state index is -0.424. The van der Waals surface area contributed by atoms with Crippen LogP contribution in [-0.2, 0) is 4.74 Å². The molecule has 7 nitrogen and oxygen atoms in total. The van der Waals surface area contributed by atoms with Crippen molar-refractivity contribution in [3.63, 3.8) is 0 Å². The molecule has 0 bridgehead atoms. The molecule has 1 N–H and O–H groups in total. The summed E-state index contributed by atoms with van der Waals surface area (Å²) in [5.74, 6) is 1.53. The zero-order valence-electron chi connectivity index (χ0n) is 19.2. The van der Waals surface area contributed by atoms with Gasteiger partial charge < -0.3 is 24.1 Å². The zero-order valence-corrected chi connectivity index (χ0v) is 20.0. The van der Waals surface area contributed by atoms with Crippen molar-refractivity contribution in [3.05, 3.63) is 102 Å². The summed E-state index contributed by atoms with van der Waals surface area (Å²) < 4.78 is 16.8. The maximum atomic E-state index is 12.3. The first-order valence-electron chi connectivity index (χ1n) is 11.0. The van der Waals surface area contributed by atoms with Crippen LogP contribution in [0.25, 0.3) is 11.3 Å². The van der Waals surface area contributed by atoms with Crippen molar-refractivity contribution < 1.29 is 18.7 Å². The molecule has 2 unspecified atom stereocenters. The van der Waals surface area contributed by atoms with Crippen LogP contribution in [0.3, 0.4) is 0 Å². The van der Waals surface area contributed by atoms with Crippen LogP contribution in [0, 0.1) is 0 Å². The molecule has 1 aliphatic heterocycles. The summed E-state index contributed by atoms with van der Waals surface area (Å²) in [6.45, 7) is 0. The summed E-state index contributed by atoms with van der Waals surface area (Å²) in [5.41, 5.74) is 2.78. The molecule has 8 heteroatoms. The topological polar surface area (TPSA) is 76.8 Å². The number of esters is 1. The number of furan rings is 1. The highest BCUT2D eigenvalue weighted by atomic mass is 32.1. The number of nitrogens with one attached hydrogen (secondary N) is 1. The predicted molar refractivity (Wildman–Crippen MR) is 136 cm³/mol. The number of anilines is 1. The molecule has 35 heavy (non-hydrogen) atoms. The number of rotatable bonds is 6. The molecule has 0 radical (unpaired) electrons. The van der Waals surface area contributed by atoms with E-state index in [-0.39, 0.29) is 12.1 Å². The summed E-state index contributed by atoms with van der Waals surface area (Å²) in [4.78, 5) is 18.9. The Kier molecular flexibility index (Phi) is 6.20. The number of pyridine rings is 1. The molecule has 0 aliphatic carbocycles. The minimum absolute atomic E-state index is 0.259. The van der Waals surface area contributed by atoms with Crippen molar-refractivity contribution in [2.24, 2.45) is 0 Å². The minimum Gasteiger partial charge on any atom is -0.497 e. The second kappa shape index (κ2) is 9.60. The summed E-state index contributed by atoms with van der Waals surface area (Å²) in [6, 6.07) is 23.9. The van der Waals surface area contributed by atoms with Gasteiger partial charge in [-0.25, -0.2) is 4.79 Å². The van der Waals surface area contributed by atoms with Crippen molar-refractivity contribution in [3.8, 4) is 17.1 Å². The lowest BCUT2D eigenvalue weighted by atomic mass is 10.0. The van der Waals surface area contributed by atoms with E-state index in [4.69, 9.17) is 26.1 Å². The molecule has 2 aromatic carbocycles. The van der Waals surface area contributed by atoms with Gasteiger partial charge in [0.2, 0.25) is 0 Å². The predicted octanol–water partition coefficient (Wildman–Crippen LogP) is 5.31. The average molecular weight is 486 g/mol. The van der Waals surface area contributed by atoms with Gasteiger partial charge in [0, 0.05) is 23.5 Å². The van der Waals surface area contributed by atoms with Gasteiger partial charge in [0.05, 0.1) is 31.5 Å². The molecule has 0 spiro atoms. The smallest absolute Gasteiger partial charge is 0.338 e. The number of aromatic nitrogens is 1. The first kappa shape index (κ1) is 22.6. The van der Waals surface area contributed by atoms with Crippen LogP contribution in [0.4, 0.5) is 5.69 Å². The Morgan fingerprint density at radius 1 is 1.03 bits per heavy atom. The van der Waals surface area contributed by atoms with Gasteiger partial charge in [0.1, 0.15) is 23.3 Å². The van der Waals surface area contributed by atoms with E-state index in [9.17, 15) is 4.79 Å². The van der Waals surface area contributed by atoms with E-state index in [2.05, 4.69) is 10.3 Å². The van der Waals surface area contributed by atoms with Crippen LogP contribution >= 0.6 is 12.2 Å². The number of carbonyl (C=O) groups is 1. The Bertz CT molecular complexity index is 1370. The van der Waals surface area contributed by atoms with E-state index in [1.807, 2.05) is 71.6 Å². The Morgan fingerprint density at radius 3 is 2.63 bits per heavy atom. The van der Waals surface area contributed by atoms with Crippen LogP contribution in [0.2, 0.25) is 0 Å². The summed E-state index contributed by atoms with van der Waals surface area (Å²) in [5, 5.41) is 3.96. The van der Waals surface area contributed by atoms with Crippen molar-refractivity contribution in [1.29, 1.82) is 0 Å². The number of ether oxygens (including phenoxy) is 2. The van der Waals surface area contributed by atoms with Crippen molar-refractivity contribution in [1.82, 2.24) is 10.3 Å². The molecule has 0 saturated carbocycles. The Hall–Kier alpha value is -4.17. The van der Waals surface area contributed by atoms with E-state index in [1.54, 1.807) is 25.4 Å². The fraction of sp³-hybridized carbons (Fsp3) is 0.148. The normalized spacial score (nSPS) is 17.2. The maximum Gasteiger partial charge on any atom is 0.338 e. The number of nitrogens with zero attached hydrogens (tertiary/aromatic N) is 2. The van der Waals surface area contributed by atoms with E-state index in [0.717, 1.165) is 17.1 Å². The van der Waals surface area contributed by atoms with Gasteiger partial charge in [-0.1, -0.05) is 30.3 Å². The number of carbonyl (C=O) groups excluding carboxylic acids is 1. The third-order valence-electron chi connectivity index (χ3n) is 5.95. The van der Waals surface area contributed by atoms with Crippen LogP contribution < -0.4 is 15.0 Å². The van der Waals surface area contributed by atoms with Crippen LogP contribution in [0.15, 0.2) is 89.5 Å². The molecule has 1 aliphatic rings. The van der Waals surface area contributed by atoms with Crippen LogP contribution in [0.1, 0.15) is 33.9 Å². The third-order valence-corrected chi connectivity index (χ3v) is 6.26. The highest BCUT2D eigenvalue weighted by Crippen LogP contribution is 2.43. The quantitative estimate of drug-likeness (QED) is 0.291. The average Bonchev–Trinajstić information content (AvgIpc) is 3.53. The molecule has 4 aromatic rings. The summed E-state index contributed by atoms with van der Waals surface area (Å²) in [7, 11) is 2.99. The molecule has 176 valence electrons. The number of hydrogen-bond acceptors (Lipinski definition) is 6. The number of benzene rings is 2. The van der Waals surface area contributed by atoms with Gasteiger partial charge in [-0.05, 0) is 54.7 Å². The van der Waals surface area contributed by atoms with Gasteiger partial charge in [-0.2, -0.15) is 0 Å². The first-order valence-corrected chi connectivity index (χ1v) is 11.4. The zero-order chi connectivity index (χ0) is 24.4.